The zero-order chi connectivity index (χ0) is 23.8. The van der Waals surface area contributed by atoms with Gasteiger partial charge in [0.05, 0.1) is 10.7 Å². The normalized spacial score (nSPS) is 14.2. The molecule has 0 bridgehead atoms. The van der Waals surface area contributed by atoms with Gasteiger partial charge in [-0.25, -0.2) is 9.18 Å². The molecule has 1 aliphatic heterocycles. The van der Waals surface area contributed by atoms with E-state index in [4.69, 9.17) is 23.2 Å². The SMILES string of the molecule is CCCC(=O)N(CCN1CCN(C(=O)Nc2ccc(Cl)cc2Cl)CC1)Cc1ccc(F)cc1. The summed E-state index contributed by atoms with van der Waals surface area (Å²) < 4.78 is 13.2. The third kappa shape index (κ3) is 7.59. The van der Waals surface area contributed by atoms with Gasteiger partial charge in [-0.05, 0) is 42.3 Å². The molecule has 0 aromatic heterocycles. The molecule has 3 amide bonds. The topological polar surface area (TPSA) is 55.9 Å². The molecule has 0 aliphatic carbocycles. The minimum absolute atomic E-state index is 0.0969. The van der Waals surface area contributed by atoms with Crippen LogP contribution < -0.4 is 5.32 Å². The minimum Gasteiger partial charge on any atom is -0.337 e. The van der Waals surface area contributed by atoms with Crippen molar-refractivity contribution in [3.63, 3.8) is 0 Å². The van der Waals surface area contributed by atoms with E-state index < -0.39 is 0 Å². The van der Waals surface area contributed by atoms with Crippen LogP contribution in [0, 0.1) is 5.82 Å². The molecule has 0 unspecified atom stereocenters. The quantitative estimate of drug-likeness (QED) is 0.554. The van der Waals surface area contributed by atoms with E-state index in [1.807, 2.05) is 11.8 Å². The summed E-state index contributed by atoms with van der Waals surface area (Å²) in [5.74, 6) is -0.190. The van der Waals surface area contributed by atoms with Gasteiger partial charge in [-0.1, -0.05) is 42.3 Å². The maximum Gasteiger partial charge on any atom is 0.321 e. The molecule has 1 N–H and O–H groups in total. The summed E-state index contributed by atoms with van der Waals surface area (Å²) in [5, 5.41) is 3.74. The molecule has 2 aromatic carbocycles. The average Bonchev–Trinajstić information content (AvgIpc) is 2.80. The van der Waals surface area contributed by atoms with Gasteiger partial charge in [0.1, 0.15) is 5.82 Å². The molecule has 0 radical (unpaired) electrons. The Labute approximate surface area is 204 Å². The number of amides is 3. The highest BCUT2D eigenvalue weighted by molar-refractivity contribution is 6.36. The zero-order valence-electron chi connectivity index (χ0n) is 18.7. The monoisotopic (exact) mass is 494 g/mol. The Morgan fingerprint density at radius 2 is 1.76 bits per heavy atom. The number of nitrogens with zero attached hydrogens (tertiary/aromatic N) is 3. The molecule has 2 aromatic rings. The van der Waals surface area contributed by atoms with E-state index in [1.54, 1.807) is 35.2 Å². The first-order valence-corrected chi connectivity index (χ1v) is 11.9. The van der Waals surface area contributed by atoms with E-state index in [1.165, 1.54) is 12.1 Å². The van der Waals surface area contributed by atoms with E-state index in [0.717, 1.165) is 18.5 Å². The van der Waals surface area contributed by atoms with Crippen molar-refractivity contribution in [1.82, 2.24) is 14.7 Å². The van der Waals surface area contributed by atoms with Crippen molar-refractivity contribution in [2.45, 2.75) is 26.3 Å². The molecule has 33 heavy (non-hydrogen) atoms. The Morgan fingerprint density at radius 3 is 2.39 bits per heavy atom. The van der Waals surface area contributed by atoms with Gasteiger partial charge in [0.2, 0.25) is 5.91 Å². The number of carbonyl (C=O) groups is 2. The maximum absolute atomic E-state index is 13.2. The first-order chi connectivity index (χ1) is 15.9. The van der Waals surface area contributed by atoms with Crippen LogP contribution in [0.3, 0.4) is 0 Å². The van der Waals surface area contributed by atoms with Gasteiger partial charge in [-0.2, -0.15) is 0 Å². The van der Waals surface area contributed by atoms with Crippen LogP contribution in [0.15, 0.2) is 42.5 Å². The van der Waals surface area contributed by atoms with Gasteiger partial charge in [0.25, 0.3) is 0 Å². The third-order valence-corrected chi connectivity index (χ3v) is 6.17. The van der Waals surface area contributed by atoms with Crippen LogP contribution >= 0.6 is 23.2 Å². The highest BCUT2D eigenvalue weighted by atomic mass is 35.5. The second-order valence-electron chi connectivity index (χ2n) is 8.07. The van der Waals surface area contributed by atoms with Crippen LogP contribution in [0.2, 0.25) is 10.0 Å². The number of hydrogen-bond donors (Lipinski definition) is 1. The lowest BCUT2D eigenvalue weighted by Crippen LogP contribution is -2.51. The van der Waals surface area contributed by atoms with Crippen LogP contribution in [-0.2, 0) is 11.3 Å². The minimum atomic E-state index is -0.287. The fourth-order valence-corrected chi connectivity index (χ4v) is 4.15. The molecular formula is C24H29Cl2FN4O2. The third-order valence-electron chi connectivity index (χ3n) is 5.62. The molecule has 1 heterocycles. The summed E-state index contributed by atoms with van der Waals surface area (Å²) in [6.07, 6.45) is 1.27. The van der Waals surface area contributed by atoms with Gasteiger partial charge in [0.15, 0.2) is 0 Å². The fraction of sp³-hybridized carbons (Fsp3) is 0.417. The predicted octanol–water partition coefficient (Wildman–Crippen LogP) is 5.11. The summed E-state index contributed by atoms with van der Waals surface area (Å²) in [4.78, 5) is 31.0. The predicted molar refractivity (Wildman–Crippen MR) is 130 cm³/mol. The van der Waals surface area contributed by atoms with Crippen molar-refractivity contribution in [1.29, 1.82) is 0 Å². The summed E-state index contributed by atoms with van der Waals surface area (Å²) in [6.45, 7) is 6.34. The van der Waals surface area contributed by atoms with Crippen LogP contribution in [0.4, 0.5) is 14.9 Å². The summed E-state index contributed by atoms with van der Waals surface area (Å²) in [7, 11) is 0. The smallest absolute Gasteiger partial charge is 0.321 e. The van der Waals surface area contributed by atoms with Crippen molar-refractivity contribution >= 4 is 40.8 Å². The van der Waals surface area contributed by atoms with Crippen molar-refractivity contribution in [3.05, 3.63) is 63.9 Å². The van der Waals surface area contributed by atoms with Crippen LogP contribution in [0.5, 0.6) is 0 Å². The van der Waals surface area contributed by atoms with Crippen molar-refractivity contribution in [2.24, 2.45) is 0 Å². The highest BCUT2D eigenvalue weighted by Crippen LogP contribution is 2.25. The van der Waals surface area contributed by atoms with Gasteiger partial charge >= 0.3 is 6.03 Å². The number of anilines is 1. The van der Waals surface area contributed by atoms with Gasteiger partial charge in [-0.15, -0.1) is 0 Å². The number of hydrogen-bond acceptors (Lipinski definition) is 3. The second-order valence-corrected chi connectivity index (χ2v) is 8.92. The highest BCUT2D eigenvalue weighted by Gasteiger charge is 2.23. The maximum atomic E-state index is 13.2. The van der Waals surface area contributed by atoms with E-state index >= 15 is 0 Å². The van der Waals surface area contributed by atoms with Crippen molar-refractivity contribution in [3.8, 4) is 0 Å². The zero-order valence-corrected chi connectivity index (χ0v) is 20.2. The van der Waals surface area contributed by atoms with Gasteiger partial charge in [0, 0.05) is 57.3 Å². The van der Waals surface area contributed by atoms with E-state index in [2.05, 4.69) is 10.2 Å². The first-order valence-electron chi connectivity index (χ1n) is 11.1. The van der Waals surface area contributed by atoms with Crippen LogP contribution in [0.1, 0.15) is 25.3 Å². The largest absolute Gasteiger partial charge is 0.337 e. The molecule has 0 atom stereocenters. The fourth-order valence-electron chi connectivity index (χ4n) is 3.70. The Morgan fingerprint density at radius 1 is 1.06 bits per heavy atom. The number of halogens is 3. The number of carbonyl (C=O) groups excluding carboxylic acids is 2. The van der Waals surface area contributed by atoms with Crippen LogP contribution in [0.25, 0.3) is 0 Å². The standard InChI is InChI=1S/C24H29Cl2FN4O2/c1-2-3-23(32)31(17-18-4-7-20(27)8-5-18)15-12-29-10-13-30(14-11-29)24(33)28-22-9-6-19(25)16-21(22)26/h4-9,16H,2-3,10-15,17H2,1H3,(H,28,33). The second kappa shape index (κ2) is 12.2. The number of urea groups is 1. The Bertz CT molecular complexity index is 950. The molecule has 0 saturated carbocycles. The molecular weight excluding hydrogens is 466 g/mol. The van der Waals surface area contributed by atoms with Crippen molar-refractivity contribution in [2.75, 3.05) is 44.6 Å². The summed E-state index contributed by atoms with van der Waals surface area (Å²) in [5.41, 5.74) is 1.43. The molecule has 0 spiro atoms. The lowest BCUT2D eigenvalue weighted by molar-refractivity contribution is -0.132. The molecule has 3 rings (SSSR count). The van der Waals surface area contributed by atoms with Crippen molar-refractivity contribution < 1.29 is 14.0 Å². The van der Waals surface area contributed by atoms with E-state index in [9.17, 15) is 14.0 Å². The summed E-state index contributed by atoms with van der Waals surface area (Å²) in [6, 6.07) is 11.0. The molecule has 1 aliphatic rings. The van der Waals surface area contributed by atoms with Gasteiger partial charge in [-0.3, -0.25) is 9.69 Å². The van der Waals surface area contributed by atoms with Crippen LogP contribution in [-0.4, -0.2) is 65.9 Å². The Hall–Kier alpha value is -2.35. The molecule has 9 heteroatoms. The lowest BCUT2D eigenvalue weighted by Gasteiger charge is -2.36. The molecule has 6 nitrogen and oxygen atoms in total. The van der Waals surface area contributed by atoms with E-state index in [0.29, 0.717) is 61.4 Å². The number of piperazine rings is 1. The number of nitrogens with one attached hydrogen (secondary N) is 1. The number of benzene rings is 2. The van der Waals surface area contributed by atoms with Gasteiger partial charge < -0.3 is 15.1 Å². The molecule has 1 saturated heterocycles. The lowest BCUT2D eigenvalue weighted by atomic mass is 10.2. The Balaban J connectivity index is 1.49. The molecule has 178 valence electrons. The molecule has 1 fully saturated rings. The van der Waals surface area contributed by atoms with E-state index in [-0.39, 0.29) is 17.8 Å². The average molecular weight is 495 g/mol. The Kier molecular flexibility index (Phi) is 9.35. The number of rotatable bonds is 8. The summed E-state index contributed by atoms with van der Waals surface area (Å²) >= 11 is 12.0. The first kappa shape index (κ1) is 25.3.